The molecule has 1 aromatic heterocycles. The molecule has 0 N–H and O–H groups in total. The van der Waals surface area contributed by atoms with Gasteiger partial charge in [-0.05, 0) is 31.0 Å². The van der Waals surface area contributed by atoms with Gasteiger partial charge in [-0.25, -0.2) is 25.9 Å². The Labute approximate surface area is 165 Å². The van der Waals surface area contributed by atoms with Gasteiger partial charge in [-0.3, -0.25) is 4.79 Å². The molecule has 156 valence electrons. The van der Waals surface area contributed by atoms with Crippen LogP contribution < -0.4 is 4.31 Å². The smallest absolute Gasteiger partial charge is 0.246 e. The first-order valence-electron chi connectivity index (χ1n) is 9.08. The van der Waals surface area contributed by atoms with Gasteiger partial charge < -0.3 is 9.42 Å². The van der Waals surface area contributed by atoms with Crippen molar-refractivity contribution in [3.05, 3.63) is 46.4 Å². The number of carbonyl (C=O) groups is 1. The van der Waals surface area contributed by atoms with E-state index in [9.17, 15) is 26.4 Å². The molecule has 2 aliphatic rings. The fourth-order valence-corrected chi connectivity index (χ4v) is 5.27. The van der Waals surface area contributed by atoms with Crippen molar-refractivity contribution in [3.63, 3.8) is 0 Å². The van der Waals surface area contributed by atoms with E-state index in [1.807, 2.05) is 0 Å². The van der Waals surface area contributed by atoms with Crippen LogP contribution in [-0.4, -0.2) is 42.7 Å². The maximum atomic E-state index is 13.4. The molecule has 1 atom stereocenters. The number of benzene rings is 1. The minimum Gasteiger partial charge on any atom is -0.337 e. The molecule has 2 aliphatic heterocycles. The average Bonchev–Trinajstić information content (AvgIpc) is 3.20. The molecule has 0 radical (unpaired) electrons. The maximum Gasteiger partial charge on any atom is 0.246 e. The van der Waals surface area contributed by atoms with Crippen LogP contribution in [0.2, 0.25) is 0 Å². The Kier molecular flexibility index (Phi) is 4.80. The Balaban J connectivity index is 1.58. The molecule has 7 nitrogen and oxygen atoms in total. The molecular formula is C18H18F3N3O4S. The van der Waals surface area contributed by atoms with Crippen LogP contribution >= 0.6 is 0 Å². The summed E-state index contributed by atoms with van der Waals surface area (Å²) in [7, 11) is -3.48. The van der Waals surface area contributed by atoms with Gasteiger partial charge >= 0.3 is 0 Å². The van der Waals surface area contributed by atoms with Crippen LogP contribution in [0.3, 0.4) is 0 Å². The highest BCUT2D eigenvalue weighted by Crippen LogP contribution is 2.35. The number of sulfonamides is 1. The fourth-order valence-electron chi connectivity index (χ4n) is 3.75. The lowest BCUT2D eigenvalue weighted by molar-refractivity contribution is -0.133. The van der Waals surface area contributed by atoms with Gasteiger partial charge in [0.15, 0.2) is 17.5 Å². The second kappa shape index (κ2) is 7.05. The molecule has 4 rings (SSSR count). The van der Waals surface area contributed by atoms with Gasteiger partial charge in [0, 0.05) is 19.0 Å². The van der Waals surface area contributed by atoms with Crippen LogP contribution in [0.15, 0.2) is 16.7 Å². The molecule has 0 saturated carbocycles. The van der Waals surface area contributed by atoms with E-state index in [4.69, 9.17) is 4.52 Å². The minimum absolute atomic E-state index is 0.0112. The zero-order valence-electron chi connectivity index (χ0n) is 15.5. The van der Waals surface area contributed by atoms with Crippen molar-refractivity contribution in [2.75, 3.05) is 16.6 Å². The van der Waals surface area contributed by atoms with E-state index < -0.39 is 33.4 Å². The second-order valence-electron chi connectivity index (χ2n) is 7.28. The lowest BCUT2D eigenvalue weighted by Crippen LogP contribution is -2.43. The Morgan fingerprint density at radius 1 is 1.28 bits per heavy atom. The number of amides is 1. The van der Waals surface area contributed by atoms with E-state index in [1.165, 1.54) is 9.21 Å². The van der Waals surface area contributed by atoms with E-state index >= 15 is 0 Å². The summed E-state index contributed by atoms with van der Waals surface area (Å²) in [5.41, 5.74) is 1.10. The van der Waals surface area contributed by atoms with Crippen LogP contribution in [0, 0.1) is 17.5 Å². The fraction of sp³-hybridized carbons (Fsp3) is 0.444. The van der Waals surface area contributed by atoms with Crippen LogP contribution in [0.4, 0.5) is 19.1 Å². The van der Waals surface area contributed by atoms with Gasteiger partial charge in [-0.2, -0.15) is 0 Å². The van der Waals surface area contributed by atoms with Gasteiger partial charge in [-0.15, -0.1) is 0 Å². The van der Waals surface area contributed by atoms with Gasteiger partial charge in [0.2, 0.25) is 21.8 Å². The Hall–Kier alpha value is -2.56. The van der Waals surface area contributed by atoms with Crippen LogP contribution in [0.1, 0.15) is 30.2 Å². The zero-order chi connectivity index (χ0) is 20.9. The summed E-state index contributed by atoms with van der Waals surface area (Å²) in [5.74, 6) is -4.60. The Morgan fingerprint density at radius 2 is 1.97 bits per heavy atom. The van der Waals surface area contributed by atoms with Gasteiger partial charge in [0.05, 0.1) is 30.0 Å². The Morgan fingerprint density at radius 3 is 2.59 bits per heavy atom. The van der Waals surface area contributed by atoms with Crippen molar-refractivity contribution in [3.8, 4) is 0 Å². The molecule has 0 spiro atoms. The van der Waals surface area contributed by atoms with Crippen molar-refractivity contribution in [2.45, 2.75) is 38.8 Å². The summed E-state index contributed by atoms with van der Waals surface area (Å²) in [6.07, 6.45) is 0.500. The molecule has 0 bridgehead atoms. The van der Waals surface area contributed by atoms with Crippen LogP contribution in [0.25, 0.3) is 0 Å². The van der Waals surface area contributed by atoms with E-state index in [1.54, 1.807) is 6.92 Å². The third-order valence-electron chi connectivity index (χ3n) is 5.24. The molecule has 1 fully saturated rings. The average molecular weight is 429 g/mol. The van der Waals surface area contributed by atoms with Crippen LogP contribution in [0.5, 0.6) is 0 Å². The maximum absolute atomic E-state index is 13.4. The number of halogens is 3. The van der Waals surface area contributed by atoms with Crippen molar-refractivity contribution < 1.29 is 30.9 Å². The third kappa shape index (κ3) is 3.47. The minimum atomic E-state index is -3.48. The van der Waals surface area contributed by atoms with E-state index in [2.05, 4.69) is 5.16 Å². The monoisotopic (exact) mass is 429 g/mol. The summed E-state index contributed by atoms with van der Waals surface area (Å²) in [6.45, 7) is 2.13. The largest absolute Gasteiger partial charge is 0.337 e. The predicted molar refractivity (Wildman–Crippen MR) is 96.0 cm³/mol. The molecule has 0 unspecified atom stereocenters. The predicted octanol–water partition coefficient (Wildman–Crippen LogP) is 2.15. The first kappa shape index (κ1) is 19.7. The van der Waals surface area contributed by atoms with Gasteiger partial charge in [-0.1, -0.05) is 5.16 Å². The number of nitrogens with zero attached hydrogens (tertiary/aromatic N) is 3. The highest BCUT2D eigenvalue weighted by molar-refractivity contribution is 7.93. The summed E-state index contributed by atoms with van der Waals surface area (Å²) in [5, 5.41) is 3.97. The third-order valence-corrected chi connectivity index (χ3v) is 7.07. The second-order valence-corrected chi connectivity index (χ2v) is 9.29. The quantitative estimate of drug-likeness (QED) is 0.699. The molecule has 3 heterocycles. The normalized spacial score (nSPS) is 20.8. The first-order chi connectivity index (χ1) is 13.7. The summed E-state index contributed by atoms with van der Waals surface area (Å²) < 4.78 is 70.9. The van der Waals surface area contributed by atoms with E-state index in [0.29, 0.717) is 24.1 Å². The van der Waals surface area contributed by atoms with Crippen molar-refractivity contribution in [1.29, 1.82) is 0 Å². The topological polar surface area (TPSA) is 83.7 Å². The van der Waals surface area contributed by atoms with Crippen molar-refractivity contribution in [2.24, 2.45) is 0 Å². The highest BCUT2D eigenvalue weighted by atomic mass is 32.2. The number of aromatic nitrogens is 1. The molecule has 0 aliphatic carbocycles. The number of anilines is 1. The Bertz CT molecular complexity index is 1060. The van der Waals surface area contributed by atoms with Crippen molar-refractivity contribution in [1.82, 2.24) is 10.1 Å². The number of hydrogen-bond acceptors (Lipinski definition) is 5. The van der Waals surface area contributed by atoms with Gasteiger partial charge in [0.1, 0.15) is 0 Å². The summed E-state index contributed by atoms with van der Waals surface area (Å²) in [4.78, 5) is 14.3. The molecule has 1 saturated heterocycles. The molecule has 11 heteroatoms. The SMILES string of the molecule is C[C@H]1Cc2noc(N3CCCS3(=O)=O)c2CN1C(=O)Cc1cc(F)c(F)c(F)c1. The number of carbonyl (C=O) groups excluding carboxylic acids is 1. The van der Waals surface area contributed by atoms with Crippen molar-refractivity contribution >= 4 is 21.8 Å². The highest BCUT2D eigenvalue weighted by Gasteiger charge is 2.38. The molecule has 1 aromatic carbocycles. The summed E-state index contributed by atoms with van der Waals surface area (Å²) in [6, 6.07) is 1.30. The number of hydrogen-bond donors (Lipinski definition) is 0. The standard InChI is InChI=1S/C18H18F3N3O4S/c1-10-5-15-12(18(28-22-15)24-3-2-4-29(24,26)27)9-23(10)16(25)8-11-6-13(19)17(21)14(20)7-11/h6-7,10H,2-5,8-9H2,1H3/t10-/m0/s1. The number of rotatable bonds is 3. The molecule has 2 aromatic rings. The van der Waals surface area contributed by atoms with Gasteiger partial charge in [0.25, 0.3) is 0 Å². The van der Waals surface area contributed by atoms with E-state index in [-0.39, 0.29) is 42.8 Å². The van der Waals surface area contributed by atoms with Crippen LogP contribution in [-0.2, 0) is 34.2 Å². The molecule has 1 amide bonds. The first-order valence-corrected chi connectivity index (χ1v) is 10.7. The lowest BCUT2D eigenvalue weighted by atomic mass is 9.99. The molecular weight excluding hydrogens is 411 g/mol. The van der Waals surface area contributed by atoms with E-state index in [0.717, 1.165) is 12.1 Å². The molecule has 29 heavy (non-hydrogen) atoms. The number of fused-ring (bicyclic) bond motifs is 1. The lowest BCUT2D eigenvalue weighted by Gasteiger charge is -2.33. The summed E-state index contributed by atoms with van der Waals surface area (Å²) >= 11 is 0. The zero-order valence-corrected chi connectivity index (χ0v) is 16.3.